The van der Waals surface area contributed by atoms with Crippen molar-refractivity contribution >= 4 is 11.4 Å². The van der Waals surface area contributed by atoms with Crippen LogP contribution in [0.3, 0.4) is 0 Å². The number of hydrogen-bond acceptors (Lipinski definition) is 6. The van der Waals surface area contributed by atoms with Gasteiger partial charge in [-0.2, -0.15) is 8.78 Å². The molecule has 1 aliphatic rings. The summed E-state index contributed by atoms with van der Waals surface area (Å²) in [4.78, 5) is 15.2. The van der Waals surface area contributed by atoms with Crippen LogP contribution in [-0.4, -0.2) is 49.7 Å². The van der Waals surface area contributed by atoms with E-state index in [1.165, 1.54) is 13.2 Å². The number of nitro groups is 1. The number of nitrogens with zero attached hydrogens (tertiary/aromatic N) is 3. The van der Waals surface area contributed by atoms with E-state index in [0.29, 0.717) is 12.1 Å². The summed E-state index contributed by atoms with van der Waals surface area (Å²) in [6.07, 6.45) is 0. The fourth-order valence-electron chi connectivity index (χ4n) is 3.28. The predicted molar refractivity (Wildman–Crippen MR) is 100 cm³/mol. The van der Waals surface area contributed by atoms with Gasteiger partial charge in [0.25, 0.3) is 5.69 Å². The Morgan fingerprint density at radius 1 is 1.11 bits per heavy atom. The van der Waals surface area contributed by atoms with Gasteiger partial charge in [0.2, 0.25) is 0 Å². The molecule has 0 N–H and O–H groups in total. The SMILES string of the molecule is COc1cc(CN2CCN(c3ccccc3)CC2)c([N+](=O)[O-])cc1OC(F)F. The number of halogens is 2. The zero-order valence-corrected chi connectivity index (χ0v) is 15.4. The number of para-hydroxylation sites is 1. The number of benzene rings is 2. The minimum Gasteiger partial charge on any atom is -0.493 e. The van der Waals surface area contributed by atoms with E-state index >= 15 is 0 Å². The summed E-state index contributed by atoms with van der Waals surface area (Å²) >= 11 is 0. The standard InChI is InChI=1S/C19H21F2N3O4/c1-27-17-11-14(16(24(25)26)12-18(17)28-19(20)21)13-22-7-9-23(10-8-22)15-5-3-2-4-6-15/h2-6,11-12,19H,7-10,13H2,1H3. The second-order valence-electron chi connectivity index (χ2n) is 6.37. The maximum atomic E-state index is 12.6. The van der Waals surface area contributed by atoms with Crippen molar-refractivity contribution in [3.8, 4) is 11.5 Å². The Kier molecular flexibility index (Phi) is 6.25. The average molecular weight is 393 g/mol. The van der Waals surface area contributed by atoms with Gasteiger partial charge < -0.3 is 14.4 Å². The summed E-state index contributed by atoms with van der Waals surface area (Å²) in [6.45, 7) is 0.270. The third-order valence-electron chi connectivity index (χ3n) is 4.67. The number of nitro benzene ring substituents is 1. The Morgan fingerprint density at radius 2 is 1.79 bits per heavy atom. The lowest BCUT2D eigenvalue weighted by Crippen LogP contribution is -2.46. The van der Waals surface area contributed by atoms with Gasteiger partial charge in [0, 0.05) is 44.0 Å². The van der Waals surface area contributed by atoms with Gasteiger partial charge in [-0.1, -0.05) is 18.2 Å². The molecule has 1 saturated heterocycles. The van der Waals surface area contributed by atoms with Crippen molar-refractivity contribution in [2.24, 2.45) is 0 Å². The number of hydrogen-bond donors (Lipinski definition) is 0. The highest BCUT2D eigenvalue weighted by Gasteiger charge is 2.25. The van der Waals surface area contributed by atoms with Crippen molar-refractivity contribution in [1.82, 2.24) is 4.90 Å². The molecule has 0 unspecified atom stereocenters. The molecule has 7 nitrogen and oxygen atoms in total. The van der Waals surface area contributed by atoms with Crippen molar-refractivity contribution < 1.29 is 23.2 Å². The van der Waals surface area contributed by atoms with Crippen LogP contribution in [0.25, 0.3) is 0 Å². The Labute approximate surface area is 161 Å². The molecule has 1 fully saturated rings. The summed E-state index contributed by atoms with van der Waals surface area (Å²) in [5.41, 5.74) is 1.28. The second kappa shape index (κ2) is 8.83. The van der Waals surface area contributed by atoms with E-state index < -0.39 is 11.5 Å². The first-order valence-corrected chi connectivity index (χ1v) is 8.80. The van der Waals surface area contributed by atoms with E-state index in [9.17, 15) is 18.9 Å². The van der Waals surface area contributed by atoms with Gasteiger partial charge in [-0.05, 0) is 18.2 Å². The molecule has 1 aliphatic heterocycles. The number of ether oxygens (including phenoxy) is 2. The highest BCUT2D eigenvalue weighted by Crippen LogP contribution is 2.36. The Hall–Kier alpha value is -2.94. The molecule has 1 heterocycles. The van der Waals surface area contributed by atoms with Crippen molar-refractivity contribution in [2.75, 3.05) is 38.2 Å². The smallest absolute Gasteiger partial charge is 0.387 e. The molecule has 9 heteroatoms. The van der Waals surface area contributed by atoms with Gasteiger partial charge in [-0.15, -0.1) is 0 Å². The van der Waals surface area contributed by atoms with Gasteiger partial charge in [0.15, 0.2) is 11.5 Å². The number of piperazine rings is 1. The molecule has 28 heavy (non-hydrogen) atoms. The Bertz CT molecular complexity index is 812. The zero-order valence-electron chi connectivity index (χ0n) is 15.4. The van der Waals surface area contributed by atoms with E-state index in [0.717, 1.165) is 37.9 Å². The highest BCUT2D eigenvalue weighted by atomic mass is 19.3. The fraction of sp³-hybridized carbons (Fsp3) is 0.368. The van der Waals surface area contributed by atoms with E-state index in [1.807, 2.05) is 30.3 Å². The molecule has 0 bridgehead atoms. The maximum absolute atomic E-state index is 12.6. The van der Waals surface area contributed by atoms with Crippen LogP contribution >= 0.6 is 0 Å². The monoisotopic (exact) mass is 393 g/mol. The van der Waals surface area contributed by atoms with Crippen LogP contribution in [-0.2, 0) is 6.54 Å². The van der Waals surface area contributed by atoms with Crippen molar-refractivity contribution in [1.29, 1.82) is 0 Å². The summed E-state index contributed by atoms with van der Waals surface area (Å²) in [5, 5.41) is 11.4. The Morgan fingerprint density at radius 3 is 2.36 bits per heavy atom. The number of rotatable bonds is 7. The summed E-state index contributed by atoms with van der Waals surface area (Å²) < 4.78 is 34.5. The quantitative estimate of drug-likeness (QED) is 0.530. The number of alkyl halides is 2. The largest absolute Gasteiger partial charge is 0.493 e. The average Bonchev–Trinajstić information content (AvgIpc) is 2.69. The van der Waals surface area contributed by atoms with E-state index in [-0.39, 0.29) is 17.2 Å². The van der Waals surface area contributed by atoms with Gasteiger partial charge >= 0.3 is 6.61 Å². The highest BCUT2D eigenvalue weighted by molar-refractivity contribution is 5.54. The minimum atomic E-state index is -3.09. The maximum Gasteiger partial charge on any atom is 0.387 e. The van der Waals surface area contributed by atoms with Gasteiger partial charge in [0.1, 0.15) is 0 Å². The first-order valence-electron chi connectivity index (χ1n) is 8.80. The van der Waals surface area contributed by atoms with Crippen molar-refractivity contribution in [3.63, 3.8) is 0 Å². The molecular weight excluding hydrogens is 372 g/mol. The van der Waals surface area contributed by atoms with Crippen molar-refractivity contribution in [3.05, 3.63) is 58.1 Å². The summed E-state index contributed by atoms with van der Waals surface area (Å²) in [6, 6.07) is 12.4. The summed E-state index contributed by atoms with van der Waals surface area (Å²) in [7, 11) is 1.31. The molecular formula is C19H21F2N3O4. The van der Waals surface area contributed by atoms with Crippen LogP contribution in [0.5, 0.6) is 11.5 Å². The minimum absolute atomic E-state index is 0.0452. The predicted octanol–water partition coefficient (Wildman–Crippen LogP) is 3.53. The van der Waals surface area contributed by atoms with E-state index in [1.54, 1.807) is 0 Å². The lowest BCUT2D eigenvalue weighted by molar-refractivity contribution is -0.385. The van der Waals surface area contributed by atoms with Crippen LogP contribution in [0.1, 0.15) is 5.56 Å². The molecule has 0 atom stereocenters. The summed E-state index contributed by atoms with van der Waals surface area (Å²) in [5.74, 6) is -0.300. The van der Waals surface area contributed by atoms with Gasteiger partial charge in [0.05, 0.1) is 18.1 Å². The van der Waals surface area contributed by atoms with Gasteiger partial charge in [-0.3, -0.25) is 15.0 Å². The molecule has 0 saturated carbocycles. The molecule has 3 rings (SSSR count). The van der Waals surface area contributed by atoms with Crippen LogP contribution in [0.4, 0.5) is 20.2 Å². The van der Waals surface area contributed by atoms with Gasteiger partial charge in [-0.25, -0.2) is 0 Å². The third-order valence-corrected chi connectivity index (χ3v) is 4.67. The lowest BCUT2D eigenvalue weighted by atomic mass is 10.1. The second-order valence-corrected chi connectivity index (χ2v) is 6.37. The lowest BCUT2D eigenvalue weighted by Gasteiger charge is -2.36. The van der Waals surface area contributed by atoms with Crippen LogP contribution < -0.4 is 14.4 Å². The van der Waals surface area contributed by atoms with Crippen molar-refractivity contribution in [2.45, 2.75) is 13.2 Å². The Balaban J connectivity index is 1.74. The zero-order chi connectivity index (χ0) is 20.1. The van der Waals surface area contributed by atoms with E-state index in [4.69, 9.17) is 4.74 Å². The molecule has 0 aliphatic carbocycles. The molecule has 2 aromatic rings. The normalized spacial score (nSPS) is 14.9. The topological polar surface area (TPSA) is 68.1 Å². The molecule has 2 aromatic carbocycles. The molecule has 150 valence electrons. The molecule has 0 radical (unpaired) electrons. The number of anilines is 1. The fourth-order valence-corrected chi connectivity index (χ4v) is 3.28. The van der Waals surface area contributed by atoms with Crippen LogP contribution in [0.2, 0.25) is 0 Å². The molecule has 0 spiro atoms. The third kappa shape index (κ3) is 4.66. The number of methoxy groups -OCH3 is 1. The van der Waals surface area contributed by atoms with E-state index in [2.05, 4.69) is 14.5 Å². The first kappa shape index (κ1) is 19.8. The van der Waals surface area contributed by atoms with Crippen LogP contribution in [0.15, 0.2) is 42.5 Å². The molecule has 0 amide bonds. The van der Waals surface area contributed by atoms with Crippen LogP contribution in [0, 0.1) is 10.1 Å². The molecule has 0 aromatic heterocycles. The first-order chi connectivity index (χ1) is 13.5.